The molecule has 0 spiro atoms. The van der Waals surface area contributed by atoms with Gasteiger partial charge in [0, 0.05) is 5.41 Å². The summed E-state index contributed by atoms with van der Waals surface area (Å²) < 4.78 is 12.6. The zero-order valence-corrected chi connectivity index (χ0v) is 8.92. The lowest BCUT2D eigenvalue weighted by molar-refractivity contribution is 0.0309. The van der Waals surface area contributed by atoms with Gasteiger partial charge in [0.1, 0.15) is 0 Å². The van der Waals surface area contributed by atoms with Gasteiger partial charge in [-0.1, -0.05) is 43.7 Å². The van der Waals surface area contributed by atoms with Crippen LogP contribution in [0.3, 0.4) is 0 Å². The van der Waals surface area contributed by atoms with E-state index in [4.69, 9.17) is 0 Å². The van der Waals surface area contributed by atoms with E-state index in [0.717, 1.165) is 11.1 Å². The molecular weight excluding hydrogens is 179 g/mol. The van der Waals surface area contributed by atoms with E-state index < -0.39 is 18.2 Å². The zero-order chi connectivity index (χ0) is 10.8. The highest BCUT2D eigenvalue weighted by Gasteiger charge is 2.28. The average molecular weight is 196 g/mol. The van der Waals surface area contributed by atoms with E-state index in [1.165, 1.54) is 0 Å². The average Bonchev–Trinajstić information content (AvgIpc) is 2.18. The van der Waals surface area contributed by atoms with Gasteiger partial charge in [-0.05, 0) is 12.5 Å². The highest BCUT2D eigenvalue weighted by Crippen LogP contribution is 2.33. The number of aliphatic hydroxyl groups is 1. The quantitative estimate of drug-likeness (QED) is 0.787. The highest BCUT2D eigenvalue weighted by atomic mass is 19.1. The van der Waals surface area contributed by atoms with E-state index in [1.54, 1.807) is 13.8 Å². The molecule has 0 aliphatic carbocycles. The summed E-state index contributed by atoms with van der Waals surface area (Å²) in [4.78, 5) is 0. The second-order valence-electron chi connectivity index (χ2n) is 4.44. The number of rotatable bonds is 3. The monoisotopic (exact) mass is 196 g/mol. The number of alkyl halides is 1. The van der Waals surface area contributed by atoms with Crippen molar-refractivity contribution in [2.75, 3.05) is 6.67 Å². The molecule has 0 fully saturated rings. The summed E-state index contributed by atoms with van der Waals surface area (Å²) in [7, 11) is 0. The molecule has 0 heterocycles. The summed E-state index contributed by atoms with van der Waals surface area (Å²) in [6, 6.07) is 7.54. The Kier molecular flexibility index (Phi) is 3.27. The first-order chi connectivity index (χ1) is 6.47. The van der Waals surface area contributed by atoms with Crippen molar-refractivity contribution in [3.63, 3.8) is 0 Å². The first-order valence-electron chi connectivity index (χ1n) is 4.78. The number of aliphatic hydroxyl groups excluding tert-OH is 1. The van der Waals surface area contributed by atoms with Gasteiger partial charge in [-0.3, -0.25) is 4.39 Å². The molecule has 1 aromatic carbocycles. The van der Waals surface area contributed by atoms with Crippen molar-refractivity contribution >= 4 is 0 Å². The summed E-state index contributed by atoms with van der Waals surface area (Å²) in [6.07, 6.45) is -0.743. The molecule has 0 amide bonds. The second kappa shape index (κ2) is 4.09. The van der Waals surface area contributed by atoms with Crippen LogP contribution in [0.1, 0.15) is 31.1 Å². The van der Waals surface area contributed by atoms with Crippen LogP contribution in [0.5, 0.6) is 0 Å². The van der Waals surface area contributed by atoms with Gasteiger partial charge in [0.05, 0.1) is 12.8 Å². The highest BCUT2D eigenvalue weighted by molar-refractivity contribution is 5.24. The predicted molar refractivity (Wildman–Crippen MR) is 55.9 cm³/mol. The van der Waals surface area contributed by atoms with Gasteiger partial charge in [0.25, 0.3) is 0 Å². The molecule has 1 aromatic rings. The second-order valence-corrected chi connectivity index (χ2v) is 4.44. The van der Waals surface area contributed by atoms with Crippen molar-refractivity contribution in [3.05, 3.63) is 35.4 Å². The predicted octanol–water partition coefficient (Wildman–Crippen LogP) is 3.02. The summed E-state index contributed by atoms with van der Waals surface area (Å²) in [5.74, 6) is 0. The van der Waals surface area contributed by atoms with Crippen LogP contribution < -0.4 is 0 Å². The molecule has 2 heteroatoms. The number of hydrogen-bond acceptors (Lipinski definition) is 1. The molecule has 78 valence electrons. The topological polar surface area (TPSA) is 20.2 Å². The molecule has 14 heavy (non-hydrogen) atoms. The van der Waals surface area contributed by atoms with Crippen molar-refractivity contribution in [1.82, 2.24) is 0 Å². The van der Waals surface area contributed by atoms with E-state index in [2.05, 4.69) is 0 Å². The number of aryl methyl sites for hydroxylation is 1. The molecule has 1 nitrogen and oxygen atoms in total. The van der Waals surface area contributed by atoms with Crippen LogP contribution in [0.4, 0.5) is 4.39 Å². The largest absolute Gasteiger partial charge is 0.388 e. The van der Waals surface area contributed by atoms with Crippen LogP contribution in [0.2, 0.25) is 0 Å². The van der Waals surface area contributed by atoms with Gasteiger partial charge in [0.15, 0.2) is 0 Å². The Bertz CT molecular complexity index is 290. The summed E-state index contributed by atoms with van der Waals surface area (Å²) >= 11 is 0. The summed E-state index contributed by atoms with van der Waals surface area (Å²) in [5.41, 5.74) is 1.20. The van der Waals surface area contributed by atoms with Crippen LogP contribution >= 0.6 is 0 Å². The molecule has 0 saturated carbocycles. The molecule has 1 N–H and O–H groups in total. The van der Waals surface area contributed by atoms with E-state index in [9.17, 15) is 9.50 Å². The van der Waals surface area contributed by atoms with Crippen molar-refractivity contribution in [2.24, 2.45) is 5.41 Å². The maximum atomic E-state index is 12.6. The molecule has 0 aromatic heterocycles. The van der Waals surface area contributed by atoms with Crippen LogP contribution in [0.15, 0.2) is 24.3 Å². The van der Waals surface area contributed by atoms with Crippen molar-refractivity contribution in [1.29, 1.82) is 0 Å². The third kappa shape index (κ3) is 2.32. The van der Waals surface area contributed by atoms with E-state index in [-0.39, 0.29) is 0 Å². The number of halogens is 1. The standard InChI is InChI=1S/C12H17FO/c1-9-4-6-10(7-5-9)11(14)12(2,3)8-13/h4-7,11,14H,8H2,1-3H3. The van der Waals surface area contributed by atoms with Crippen LogP contribution in [0.25, 0.3) is 0 Å². The normalized spacial score (nSPS) is 14.1. The Balaban J connectivity index is 2.89. The van der Waals surface area contributed by atoms with Crippen molar-refractivity contribution in [2.45, 2.75) is 26.9 Å². The van der Waals surface area contributed by atoms with Gasteiger partial charge < -0.3 is 5.11 Å². The maximum Gasteiger partial charge on any atom is 0.0973 e. The minimum absolute atomic E-state index is 0.526. The van der Waals surface area contributed by atoms with Crippen molar-refractivity contribution < 1.29 is 9.50 Å². The molecule has 1 unspecified atom stereocenters. The van der Waals surface area contributed by atoms with E-state index >= 15 is 0 Å². The molecule has 0 aliphatic rings. The Morgan fingerprint density at radius 2 is 1.79 bits per heavy atom. The van der Waals surface area contributed by atoms with Gasteiger partial charge in [-0.15, -0.1) is 0 Å². The third-order valence-electron chi connectivity index (χ3n) is 2.48. The first kappa shape index (κ1) is 11.2. The fourth-order valence-corrected chi connectivity index (χ4v) is 1.27. The van der Waals surface area contributed by atoms with Crippen LogP contribution in [-0.4, -0.2) is 11.8 Å². The maximum absolute atomic E-state index is 12.6. The number of hydrogen-bond donors (Lipinski definition) is 1. The van der Waals surface area contributed by atoms with E-state index in [1.807, 2.05) is 31.2 Å². The SMILES string of the molecule is Cc1ccc(C(O)C(C)(C)CF)cc1. The molecular formula is C12H17FO. The third-order valence-corrected chi connectivity index (χ3v) is 2.48. The fraction of sp³-hybridized carbons (Fsp3) is 0.500. The van der Waals surface area contributed by atoms with Gasteiger partial charge in [0.2, 0.25) is 0 Å². The first-order valence-corrected chi connectivity index (χ1v) is 4.78. The van der Waals surface area contributed by atoms with Gasteiger partial charge >= 0.3 is 0 Å². The van der Waals surface area contributed by atoms with Gasteiger partial charge in [-0.2, -0.15) is 0 Å². The molecule has 1 rings (SSSR count). The minimum Gasteiger partial charge on any atom is -0.388 e. The molecule has 1 atom stereocenters. The van der Waals surface area contributed by atoms with E-state index in [0.29, 0.717) is 0 Å². The Hall–Kier alpha value is -0.890. The minimum atomic E-state index is -0.743. The zero-order valence-electron chi connectivity index (χ0n) is 8.92. The Morgan fingerprint density at radius 1 is 1.29 bits per heavy atom. The molecule has 0 radical (unpaired) electrons. The van der Waals surface area contributed by atoms with Gasteiger partial charge in [-0.25, -0.2) is 0 Å². The summed E-state index contributed by atoms with van der Waals surface area (Å²) in [6.45, 7) is 4.90. The Labute approximate surface area is 84.6 Å². The molecule has 0 saturated heterocycles. The van der Waals surface area contributed by atoms with Crippen LogP contribution in [0, 0.1) is 12.3 Å². The fourth-order valence-electron chi connectivity index (χ4n) is 1.27. The molecule has 0 aliphatic heterocycles. The lowest BCUT2D eigenvalue weighted by Crippen LogP contribution is -2.24. The lowest BCUT2D eigenvalue weighted by Gasteiger charge is -2.27. The lowest BCUT2D eigenvalue weighted by atomic mass is 9.84. The van der Waals surface area contributed by atoms with Crippen LogP contribution in [-0.2, 0) is 0 Å². The Morgan fingerprint density at radius 3 is 2.21 bits per heavy atom. The smallest absolute Gasteiger partial charge is 0.0973 e. The molecule has 0 bridgehead atoms. The number of benzene rings is 1. The van der Waals surface area contributed by atoms with Crippen molar-refractivity contribution in [3.8, 4) is 0 Å². The summed E-state index contributed by atoms with van der Waals surface area (Å²) in [5, 5.41) is 9.90.